The van der Waals surface area contributed by atoms with Gasteiger partial charge in [0.25, 0.3) is 5.91 Å². The van der Waals surface area contributed by atoms with Crippen LogP contribution in [0.1, 0.15) is 49.0 Å². The van der Waals surface area contributed by atoms with Gasteiger partial charge in [0.15, 0.2) is 12.4 Å². The van der Waals surface area contributed by atoms with E-state index in [4.69, 9.17) is 4.74 Å². The molecule has 0 aromatic heterocycles. The van der Waals surface area contributed by atoms with E-state index < -0.39 is 0 Å². The molecule has 0 saturated heterocycles. The number of amides is 2. The summed E-state index contributed by atoms with van der Waals surface area (Å²) in [6.45, 7) is 5.83. The maximum absolute atomic E-state index is 12.3. The van der Waals surface area contributed by atoms with E-state index in [1.165, 1.54) is 17.4 Å². The number of hydrogen-bond donors (Lipinski definition) is 1. The first kappa shape index (κ1) is 19.6. The molecular weight excluding hydrogens is 356 g/mol. The van der Waals surface area contributed by atoms with E-state index >= 15 is 0 Å². The third kappa shape index (κ3) is 4.39. The lowest BCUT2D eigenvalue weighted by atomic mass is 10.0. The van der Waals surface area contributed by atoms with Crippen LogP contribution < -0.4 is 15.0 Å². The highest BCUT2D eigenvalue weighted by molar-refractivity contribution is 6.02. The number of benzene rings is 2. The highest BCUT2D eigenvalue weighted by Gasteiger charge is 2.26. The van der Waals surface area contributed by atoms with Gasteiger partial charge in [-0.15, -0.1) is 0 Å². The van der Waals surface area contributed by atoms with Gasteiger partial charge in [0.1, 0.15) is 5.75 Å². The van der Waals surface area contributed by atoms with Crippen LogP contribution in [0.25, 0.3) is 0 Å². The lowest BCUT2D eigenvalue weighted by Crippen LogP contribution is -2.40. The molecule has 0 aliphatic carbocycles. The molecule has 1 aliphatic rings. The Kier molecular flexibility index (Phi) is 5.78. The van der Waals surface area contributed by atoms with E-state index in [-0.39, 0.29) is 37.2 Å². The van der Waals surface area contributed by atoms with Gasteiger partial charge in [0.2, 0.25) is 5.91 Å². The van der Waals surface area contributed by atoms with Crippen molar-refractivity contribution in [1.82, 2.24) is 0 Å². The van der Waals surface area contributed by atoms with E-state index in [0.717, 1.165) is 5.69 Å². The Balaban J connectivity index is 1.67. The minimum absolute atomic E-state index is 0.0787. The first-order valence-corrected chi connectivity index (χ1v) is 9.33. The fourth-order valence-corrected chi connectivity index (χ4v) is 3.05. The van der Waals surface area contributed by atoms with Crippen molar-refractivity contribution < 1.29 is 19.1 Å². The third-order valence-electron chi connectivity index (χ3n) is 4.73. The fraction of sp³-hybridized carbons (Fsp3) is 0.318. The number of ketones is 1. The Morgan fingerprint density at radius 3 is 2.50 bits per heavy atom. The Morgan fingerprint density at radius 2 is 1.86 bits per heavy atom. The number of anilines is 2. The van der Waals surface area contributed by atoms with Gasteiger partial charge in [-0.25, -0.2) is 0 Å². The predicted molar refractivity (Wildman–Crippen MR) is 108 cm³/mol. The Morgan fingerprint density at radius 1 is 1.14 bits per heavy atom. The molecule has 146 valence electrons. The van der Waals surface area contributed by atoms with E-state index in [2.05, 4.69) is 19.2 Å². The quantitative estimate of drug-likeness (QED) is 0.774. The number of fused-ring (bicyclic) bond motifs is 1. The lowest BCUT2D eigenvalue weighted by molar-refractivity contribution is -0.121. The summed E-state index contributed by atoms with van der Waals surface area (Å²) in [7, 11) is 0. The van der Waals surface area contributed by atoms with E-state index in [9.17, 15) is 14.4 Å². The summed E-state index contributed by atoms with van der Waals surface area (Å²) in [4.78, 5) is 37.8. The summed E-state index contributed by atoms with van der Waals surface area (Å²) in [5, 5.41) is 2.85. The van der Waals surface area contributed by atoms with Crippen molar-refractivity contribution in [2.75, 3.05) is 23.4 Å². The third-order valence-corrected chi connectivity index (χ3v) is 4.73. The van der Waals surface area contributed by atoms with Crippen LogP contribution in [-0.2, 0) is 9.59 Å². The lowest BCUT2D eigenvalue weighted by Gasteiger charge is -2.29. The zero-order chi connectivity index (χ0) is 20.3. The first-order valence-electron chi connectivity index (χ1n) is 9.33. The second kappa shape index (κ2) is 8.25. The average Bonchev–Trinajstić information content (AvgIpc) is 2.67. The van der Waals surface area contributed by atoms with E-state index in [0.29, 0.717) is 22.9 Å². The van der Waals surface area contributed by atoms with Crippen LogP contribution in [0.3, 0.4) is 0 Å². The number of carbonyl (C=O) groups is 3. The molecule has 28 heavy (non-hydrogen) atoms. The number of nitrogens with one attached hydrogen (secondary N) is 1. The minimum atomic E-state index is -0.234. The molecule has 3 rings (SSSR count). The van der Waals surface area contributed by atoms with Gasteiger partial charge in [-0.3, -0.25) is 14.4 Å². The molecule has 1 N–H and O–H groups in total. The zero-order valence-electron chi connectivity index (χ0n) is 16.3. The SMILES string of the molecule is CC(=O)c1ccc2c(c1)N(CCC(=O)Nc1ccc(C(C)C)cc1)C(=O)CO2. The topological polar surface area (TPSA) is 75.7 Å². The Bertz CT molecular complexity index is 903. The van der Waals surface area contributed by atoms with Crippen LogP contribution in [0.5, 0.6) is 5.75 Å². The van der Waals surface area contributed by atoms with E-state index in [1.807, 2.05) is 24.3 Å². The number of nitrogens with zero attached hydrogens (tertiary/aromatic N) is 1. The molecule has 2 amide bonds. The van der Waals surface area contributed by atoms with Gasteiger partial charge in [0, 0.05) is 24.2 Å². The summed E-state index contributed by atoms with van der Waals surface area (Å²) in [6, 6.07) is 12.7. The van der Waals surface area contributed by atoms with E-state index in [1.54, 1.807) is 18.2 Å². The maximum Gasteiger partial charge on any atom is 0.265 e. The number of Topliss-reactive ketones (excluding diaryl/α,β-unsaturated/α-hetero) is 1. The molecule has 1 heterocycles. The molecular formula is C22H24N2O4. The molecule has 0 bridgehead atoms. The van der Waals surface area contributed by atoms with Crippen LogP contribution in [-0.4, -0.2) is 30.7 Å². The number of carbonyl (C=O) groups excluding carboxylic acids is 3. The van der Waals surface area contributed by atoms with Gasteiger partial charge >= 0.3 is 0 Å². The van der Waals surface area contributed by atoms with Crippen molar-refractivity contribution in [2.45, 2.75) is 33.1 Å². The van der Waals surface area contributed by atoms with Gasteiger partial charge in [-0.05, 0) is 48.7 Å². The summed E-state index contributed by atoms with van der Waals surface area (Å²) >= 11 is 0. The molecule has 0 fully saturated rings. The summed E-state index contributed by atoms with van der Waals surface area (Å²) in [5.41, 5.74) is 2.95. The molecule has 0 unspecified atom stereocenters. The van der Waals surface area contributed by atoms with Crippen molar-refractivity contribution in [3.8, 4) is 5.75 Å². The summed E-state index contributed by atoms with van der Waals surface area (Å²) in [5.74, 6) is 0.456. The summed E-state index contributed by atoms with van der Waals surface area (Å²) < 4.78 is 5.43. The zero-order valence-corrected chi connectivity index (χ0v) is 16.3. The van der Waals surface area contributed by atoms with Crippen LogP contribution in [0, 0.1) is 0 Å². The maximum atomic E-state index is 12.3. The van der Waals surface area contributed by atoms with Crippen LogP contribution >= 0.6 is 0 Å². The van der Waals surface area contributed by atoms with Crippen LogP contribution in [0.15, 0.2) is 42.5 Å². The Hall–Kier alpha value is -3.15. The highest BCUT2D eigenvalue weighted by atomic mass is 16.5. The summed E-state index contributed by atoms with van der Waals surface area (Å²) in [6.07, 6.45) is 0.140. The average molecular weight is 380 g/mol. The highest BCUT2D eigenvalue weighted by Crippen LogP contribution is 2.33. The van der Waals surface area contributed by atoms with Gasteiger partial charge in [-0.1, -0.05) is 26.0 Å². The predicted octanol–water partition coefficient (Wildman–Crippen LogP) is 3.77. The van der Waals surface area contributed by atoms with Crippen molar-refractivity contribution in [3.05, 3.63) is 53.6 Å². The van der Waals surface area contributed by atoms with Crippen molar-refractivity contribution in [1.29, 1.82) is 0 Å². The van der Waals surface area contributed by atoms with Crippen LogP contribution in [0.2, 0.25) is 0 Å². The molecule has 0 radical (unpaired) electrons. The molecule has 6 heteroatoms. The largest absolute Gasteiger partial charge is 0.482 e. The number of ether oxygens (including phenoxy) is 1. The second-order valence-electron chi connectivity index (χ2n) is 7.15. The first-order chi connectivity index (χ1) is 13.3. The Labute approximate surface area is 164 Å². The smallest absolute Gasteiger partial charge is 0.265 e. The van der Waals surface area contributed by atoms with Crippen LogP contribution in [0.4, 0.5) is 11.4 Å². The van der Waals surface area contributed by atoms with Crippen molar-refractivity contribution in [3.63, 3.8) is 0 Å². The molecule has 2 aromatic carbocycles. The molecule has 0 atom stereocenters. The van der Waals surface area contributed by atoms with Crippen molar-refractivity contribution >= 4 is 29.0 Å². The van der Waals surface area contributed by atoms with Crippen molar-refractivity contribution in [2.24, 2.45) is 0 Å². The van der Waals surface area contributed by atoms with Gasteiger partial charge < -0.3 is 15.0 Å². The van der Waals surface area contributed by atoms with Gasteiger partial charge in [-0.2, -0.15) is 0 Å². The molecule has 2 aromatic rings. The fourth-order valence-electron chi connectivity index (χ4n) is 3.05. The molecule has 0 spiro atoms. The number of hydrogen-bond acceptors (Lipinski definition) is 4. The minimum Gasteiger partial charge on any atom is -0.482 e. The number of rotatable bonds is 6. The standard InChI is InChI=1S/C22H24N2O4/c1-14(2)16-4-7-18(8-5-16)23-21(26)10-11-24-19-12-17(15(3)25)6-9-20(19)28-13-22(24)27/h4-9,12,14H,10-11,13H2,1-3H3,(H,23,26). The second-order valence-corrected chi connectivity index (χ2v) is 7.15. The molecule has 6 nitrogen and oxygen atoms in total. The monoisotopic (exact) mass is 380 g/mol. The molecule has 1 aliphatic heterocycles. The normalized spacial score (nSPS) is 13.1. The van der Waals surface area contributed by atoms with Gasteiger partial charge in [0.05, 0.1) is 5.69 Å². The molecule has 0 saturated carbocycles.